The molecule has 1 atom stereocenters. The van der Waals surface area contributed by atoms with Gasteiger partial charge < -0.3 is 4.98 Å². The molecule has 0 saturated heterocycles. The second-order valence-electron chi connectivity index (χ2n) is 8.69. The highest BCUT2D eigenvalue weighted by Crippen LogP contribution is 2.29. The zero-order valence-electron chi connectivity index (χ0n) is 17.3. The Bertz CT molecular complexity index is 832. The van der Waals surface area contributed by atoms with Crippen molar-refractivity contribution in [3.05, 3.63) is 53.1 Å². The van der Waals surface area contributed by atoms with E-state index in [1.807, 2.05) is 6.20 Å². The number of benzene rings is 1. The van der Waals surface area contributed by atoms with E-state index in [1.165, 1.54) is 49.8 Å². The molecule has 29 heavy (non-hydrogen) atoms. The van der Waals surface area contributed by atoms with E-state index in [0.29, 0.717) is 30.0 Å². The molecular formula is C24H31N3O2. The van der Waals surface area contributed by atoms with Crippen LogP contribution in [0.25, 0.3) is 0 Å². The van der Waals surface area contributed by atoms with Crippen molar-refractivity contribution in [2.75, 3.05) is 6.54 Å². The third-order valence-electron chi connectivity index (χ3n) is 6.57. The van der Waals surface area contributed by atoms with E-state index >= 15 is 0 Å². The lowest BCUT2D eigenvalue weighted by molar-refractivity contribution is 0.0656. The first-order valence-corrected chi connectivity index (χ1v) is 11.1. The summed E-state index contributed by atoms with van der Waals surface area (Å²) in [6.45, 7) is 2.61. The normalized spacial score (nSPS) is 18.3. The van der Waals surface area contributed by atoms with Gasteiger partial charge in [-0.1, -0.05) is 64.0 Å². The molecule has 1 N–H and O–H groups in total. The van der Waals surface area contributed by atoms with Crippen LogP contribution >= 0.6 is 0 Å². The number of amides is 2. The zero-order chi connectivity index (χ0) is 20.2. The molecule has 1 aliphatic carbocycles. The Morgan fingerprint density at radius 1 is 1.10 bits per heavy atom. The molecule has 2 heterocycles. The molecule has 1 fully saturated rings. The van der Waals surface area contributed by atoms with E-state index < -0.39 is 0 Å². The maximum atomic E-state index is 12.5. The van der Waals surface area contributed by atoms with E-state index in [-0.39, 0.29) is 11.8 Å². The van der Waals surface area contributed by atoms with Gasteiger partial charge in [0.25, 0.3) is 11.8 Å². The van der Waals surface area contributed by atoms with E-state index in [9.17, 15) is 9.59 Å². The highest BCUT2D eigenvalue weighted by Gasteiger charge is 2.34. The zero-order valence-corrected chi connectivity index (χ0v) is 17.3. The molecule has 0 bridgehead atoms. The molecule has 1 unspecified atom stereocenters. The van der Waals surface area contributed by atoms with E-state index in [1.54, 1.807) is 24.3 Å². The first kappa shape index (κ1) is 19.9. The summed E-state index contributed by atoms with van der Waals surface area (Å²) in [5.41, 5.74) is 2.00. The first-order chi connectivity index (χ1) is 14.1. The van der Waals surface area contributed by atoms with Gasteiger partial charge in [-0.05, 0) is 24.5 Å². The Morgan fingerprint density at radius 2 is 1.79 bits per heavy atom. The Labute approximate surface area is 172 Å². The molecule has 2 aromatic rings. The van der Waals surface area contributed by atoms with Crippen molar-refractivity contribution < 1.29 is 9.59 Å². The molecule has 1 aromatic heterocycles. The summed E-state index contributed by atoms with van der Waals surface area (Å²) in [6.07, 6.45) is 13.3. The molecule has 1 saturated carbocycles. The molecular weight excluding hydrogens is 362 g/mol. The monoisotopic (exact) mass is 393 g/mol. The number of carbonyl (C=O) groups excluding carboxylic acids is 2. The Morgan fingerprint density at radius 3 is 2.48 bits per heavy atom. The number of hydrogen-bond acceptors (Lipinski definition) is 3. The van der Waals surface area contributed by atoms with Crippen molar-refractivity contribution in [3.63, 3.8) is 0 Å². The lowest BCUT2D eigenvalue weighted by atomic mass is 9.85. The first-order valence-electron chi connectivity index (χ1n) is 11.1. The molecule has 1 aliphatic heterocycles. The standard InChI is InChI=1S/C24H31N3O2/c1-17(8-7-11-18-9-3-2-4-10-18)22-25-16-19(26-22)14-15-27-23(28)20-12-5-6-13-21(20)24(27)29/h5-6,12-13,16-18H,2-4,7-11,14-15H2,1H3,(H,25,26). The number of fused-ring (bicyclic) bond motifs is 1. The van der Waals surface area contributed by atoms with Crippen molar-refractivity contribution in [3.8, 4) is 0 Å². The van der Waals surface area contributed by atoms with Gasteiger partial charge in [-0.3, -0.25) is 14.5 Å². The summed E-state index contributed by atoms with van der Waals surface area (Å²) in [4.78, 5) is 34.3. The minimum absolute atomic E-state index is 0.193. The second-order valence-corrected chi connectivity index (χ2v) is 8.69. The van der Waals surface area contributed by atoms with Gasteiger partial charge in [0.15, 0.2) is 0 Å². The number of H-pyrrole nitrogens is 1. The minimum atomic E-state index is -0.193. The van der Waals surface area contributed by atoms with Crippen LogP contribution in [0, 0.1) is 5.92 Å². The molecule has 5 heteroatoms. The smallest absolute Gasteiger partial charge is 0.261 e. The molecule has 4 rings (SSSR count). The molecule has 5 nitrogen and oxygen atoms in total. The van der Waals surface area contributed by atoms with Crippen LogP contribution in [-0.2, 0) is 6.42 Å². The Kier molecular flexibility index (Phi) is 6.12. The summed E-state index contributed by atoms with van der Waals surface area (Å²) < 4.78 is 0. The summed E-state index contributed by atoms with van der Waals surface area (Å²) in [5.74, 6) is 1.98. The fraction of sp³-hybridized carbons (Fsp3) is 0.542. The van der Waals surface area contributed by atoms with Crippen molar-refractivity contribution in [2.45, 2.75) is 70.6 Å². The number of hydrogen-bond donors (Lipinski definition) is 1. The second kappa shape index (κ2) is 8.93. The summed E-state index contributed by atoms with van der Waals surface area (Å²) in [6, 6.07) is 7.03. The van der Waals surface area contributed by atoms with E-state index in [0.717, 1.165) is 23.9 Å². The van der Waals surface area contributed by atoms with Crippen LogP contribution in [0.2, 0.25) is 0 Å². The number of aromatic nitrogens is 2. The largest absolute Gasteiger partial charge is 0.346 e. The van der Waals surface area contributed by atoms with Crippen LogP contribution in [0.1, 0.15) is 96.4 Å². The molecule has 2 aliphatic rings. The van der Waals surface area contributed by atoms with Gasteiger partial charge >= 0.3 is 0 Å². The Balaban J connectivity index is 1.26. The van der Waals surface area contributed by atoms with Gasteiger partial charge in [-0.15, -0.1) is 0 Å². The number of rotatable bonds is 8. The van der Waals surface area contributed by atoms with Crippen molar-refractivity contribution in [2.24, 2.45) is 5.92 Å². The summed E-state index contributed by atoms with van der Waals surface area (Å²) in [7, 11) is 0. The fourth-order valence-corrected chi connectivity index (χ4v) is 4.75. The molecule has 2 amide bonds. The van der Waals surface area contributed by atoms with Crippen LogP contribution in [0.15, 0.2) is 30.5 Å². The third kappa shape index (κ3) is 4.44. The van der Waals surface area contributed by atoms with Gasteiger partial charge in [0.1, 0.15) is 5.82 Å². The summed E-state index contributed by atoms with van der Waals surface area (Å²) in [5, 5.41) is 0. The Hall–Kier alpha value is -2.43. The maximum Gasteiger partial charge on any atom is 0.261 e. The maximum absolute atomic E-state index is 12.5. The molecule has 1 aromatic carbocycles. The molecule has 0 spiro atoms. The SMILES string of the molecule is CC(CCCC1CCCCC1)c1ncc(CCN2C(=O)c3ccccc3C2=O)[nH]1. The lowest BCUT2D eigenvalue weighted by Gasteiger charge is -2.21. The van der Waals surface area contributed by atoms with Crippen LogP contribution in [0.5, 0.6) is 0 Å². The highest BCUT2D eigenvalue weighted by molar-refractivity contribution is 6.21. The third-order valence-corrected chi connectivity index (χ3v) is 6.57. The van der Waals surface area contributed by atoms with Crippen molar-refractivity contribution in [1.82, 2.24) is 14.9 Å². The van der Waals surface area contributed by atoms with Crippen LogP contribution < -0.4 is 0 Å². The number of imidazole rings is 1. The van der Waals surface area contributed by atoms with Gasteiger partial charge in [-0.25, -0.2) is 4.98 Å². The topological polar surface area (TPSA) is 66.1 Å². The quantitative estimate of drug-likeness (QED) is 0.634. The molecule has 0 radical (unpaired) electrons. The van der Waals surface area contributed by atoms with Crippen molar-refractivity contribution >= 4 is 11.8 Å². The van der Waals surface area contributed by atoms with Gasteiger partial charge in [0, 0.05) is 30.8 Å². The van der Waals surface area contributed by atoms with Gasteiger partial charge in [0.2, 0.25) is 0 Å². The minimum Gasteiger partial charge on any atom is -0.346 e. The fourth-order valence-electron chi connectivity index (χ4n) is 4.75. The lowest BCUT2D eigenvalue weighted by Crippen LogP contribution is -2.31. The average Bonchev–Trinajstić information content (AvgIpc) is 3.31. The number of nitrogens with zero attached hydrogens (tertiary/aromatic N) is 2. The van der Waals surface area contributed by atoms with E-state index in [2.05, 4.69) is 16.9 Å². The van der Waals surface area contributed by atoms with E-state index in [4.69, 9.17) is 0 Å². The number of aromatic amines is 1. The predicted molar refractivity (Wildman–Crippen MR) is 113 cm³/mol. The summed E-state index contributed by atoms with van der Waals surface area (Å²) >= 11 is 0. The van der Waals surface area contributed by atoms with Crippen LogP contribution in [0.3, 0.4) is 0 Å². The predicted octanol–water partition coefficient (Wildman–Crippen LogP) is 5.10. The number of imide groups is 1. The van der Waals surface area contributed by atoms with Gasteiger partial charge in [0.05, 0.1) is 11.1 Å². The number of carbonyl (C=O) groups is 2. The highest BCUT2D eigenvalue weighted by atomic mass is 16.2. The molecule has 154 valence electrons. The van der Waals surface area contributed by atoms with Crippen molar-refractivity contribution in [1.29, 1.82) is 0 Å². The van der Waals surface area contributed by atoms with Crippen LogP contribution in [0.4, 0.5) is 0 Å². The van der Waals surface area contributed by atoms with Crippen LogP contribution in [-0.4, -0.2) is 33.2 Å². The number of nitrogens with one attached hydrogen (secondary N) is 1. The average molecular weight is 394 g/mol. The van der Waals surface area contributed by atoms with Gasteiger partial charge in [-0.2, -0.15) is 0 Å².